The molecule has 2 aromatic heterocycles. The number of carbonyl (C=O) groups is 1. The van der Waals surface area contributed by atoms with Gasteiger partial charge in [0.25, 0.3) is 6.01 Å². The van der Waals surface area contributed by atoms with E-state index in [1.807, 2.05) is 24.0 Å². The monoisotopic (exact) mass is 277 g/mol. The van der Waals surface area contributed by atoms with Gasteiger partial charge in [0, 0.05) is 19.1 Å². The van der Waals surface area contributed by atoms with Crippen LogP contribution in [-0.2, 0) is 0 Å². The SMILES string of the molecule is Cc1ccc([C@@H]2CN(c3nc(C(=O)O)co3)C[C@H]2N)o1. The lowest BCUT2D eigenvalue weighted by atomic mass is 10.0. The van der Waals surface area contributed by atoms with Gasteiger partial charge in [-0.05, 0) is 19.1 Å². The molecule has 0 spiro atoms. The Balaban J connectivity index is 1.78. The third kappa shape index (κ3) is 2.16. The third-order valence-electron chi connectivity index (χ3n) is 3.47. The van der Waals surface area contributed by atoms with Crippen molar-refractivity contribution in [3.8, 4) is 0 Å². The number of rotatable bonds is 3. The predicted octanol–water partition coefficient (Wildman–Crippen LogP) is 1.21. The Morgan fingerprint density at radius 2 is 2.30 bits per heavy atom. The average molecular weight is 277 g/mol. The normalized spacial score (nSPS) is 22.4. The number of aromatic carboxylic acids is 1. The molecule has 1 saturated heterocycles. The Kier molecular flexibility index (Phi) is 2.98. The molecule has 2 atom stereocenters. The molecule has 1 aliphatic heterocycles. The number of aryl methyl sites for hydroxylation is 1. The Morgan fingerprint density at radius 3 is 2.90 bits per heavy atom. The maximum Gasteiger partial charge on any atom is 0.357 e. The van der Waals surface area contributed by atoms with Crippen molar-refractivity contribution >= 4 is 12.0 Å². The highest BCUT2D eigenvalue weighted by molar-refractivity contribution is 5.85. The lowest BCUT2D eigenvalue weighted by molar-refractivity contribution is 0.0690. The molecule has 3 rings (SSSR count). The highest BCUT2D eigenvalue weighted by atomic mass is 16.4. The first-order valence-electron chi connectivity index (χ1n) is 6.30. The molecule has 0 unspecified atom stereocenters. The maximum absolute atomic E-state index is 10.8. The number of aromatic nitrogens is 1. The van der Waals surface area contributed by atoms with Crippen molar-refractivity contribution in [2.45, 2.75) is 18.9 Å². The number of anilines is 1. The highest BCUT2D eigenvalue weighted by Crippen LogP contribution is 2.30. The fourth-order valence-corrected chi connectivity index (χ4v) is 2.45. The molecule has 1 fully saturated rings. The van der Waals surface area contributed by atoms with E-state index in [-0.39, 0.29) is 23.7 Å². The van der Waals surface area contributed by atoms with Crippen LogP contribution < -0.4 is 10.6 Å². The van der Waals surface area contributed by atoms with Crippen LogP contribution in [0.15, 0.2) is 27.2 Å². The van der Waals surface area contributed by atoms with Crippen molar-refractivity contribution < 1.29 is 18.7 Å². The first kappa shape index (κ1) is 12.7. The Bertz CT molecular complexity index is 633. The lowest BCUT2D eigenvalue weighted by Crippen LogP contribution is -2.28. The highest BCUT2D eigenvalue weighted by Gasteiger charge is 2.35. The van der Waals surface area contributed by atoms with E-state index in [1.165, 1.54) is 0 Å². The van der Waals surface area contributed by atoms with Crippen molar-refractivity contribution in [1.82, 2.24) is 4.98 Å². The topological polar surface area (TPSA) is 106 Å². The summed E-state index contributed by atoms with van der Waals surface area (Å²) in [6.07, 6.45) is 1.13. The van der Waals surface area contributed by atoms with Gasteiger partial charge in [-0.3, -0.25) is 0 Å². The molecule has 3 heterocycles. The maximum atomic E-state index is 10.8. The van der Waals surface area contributed by atoms with Gasteiger partial charge in [0.05, 0.1) is 5.92 Å². The molecule has 0 amide bonds. The molecule has 0 bridgehead atoms. The quantitative estimate of drug-likeness (QED) is 0.868. The van der Waals surface area contributed by atoms with E-state index in [4.69, 9.17) is 19.7 Å². The fraction of sp³-hybridized carbons (Fsp3) is 0.385. The molecule has 0 aromatic carbocycles. The average Bonchev–Trinajstić information content (AvgIpc) is 3.07. The molecule has 0 aliphatic carbocycles. The molecule has 2 aromatic rings. The number of hydrogen-bond acceptors (Lipinski definition) is 6. The molecule has 0 radical (unpaired) electrons. The van der Waals surface area contributed by atoms with Gasteiger partial charge in [-0.1, -0.05) is 0 Å². The molecule has 1 aliphatic rings. The van der Waals surface area contributed by atoms with Crippen LogP contribution in [0.5, 0.6) is 0 Å². The van der Waals surface area contributed by atoms with Gasteiger partial charge in [-0.2, -0.15) is 4.98 Å². The van der Waals surface area contributed by atoms with E-state index in [2.05, 4.69) is 4.98 Å². The van der Waals surface area contributed by atoms with E-state index >= 15 is 0 Å². The fourth-order valence-electron chi connectivity index (χ4n) is 2.45. The number of carboxylic acid groups (broad SMARTS) is 1. The molecule has 0 saturated carbocycles. The summed E-state index contributed by atoms with van der Waals surface area (Å²) in [6.45, 7) is 3.02. The van der Waals surface area contributed by atoms with Gasteiger partial charge in [-0.25, -0.2) is 4.79 Å². The van der Waals surface area contributed by atoms with Gasteiger partial charge in [0.2, 0.25) is 0 Å². The van der Waals surface area contributed by atoms with Crippen LogP contribution in [0.3, 0.4) is 0 Å². The number of oxazole rings is 1. The summed E-state index contributed by atoms with van der Waals surface area (Å²) in [5, 5.41) is 8.84. The number of carboxylic acids is 1. The molecule has 106 valence electrons. The molecular formula is C13H15N3O4. The van der Waals surface area contributed by atoms with E-state index in [9.17, 15) is 4.79 Å². The van der Waals surface area contributed by atoms with Crippen LogP contribution in [0, 0.1) is 6.92 Å². The summed E-state index contributed by atoms with van der Waals surface area (Å²) in [4.78, 5) is 16.6. The second-order valence-corrected chi connectivity index (χ2v) is 4.94. The van der Waals surface area contributed by atoms with E-state index in [1.54, 1.807) is 0 Å². The molecule has 7 heteroatoms. The molecule has 3 N–H and O–H groups in total. The van der Waals surface area contributed by atoms with Gasteiger partial charge >= 0.3 is 5.97 Å². The summed E-state index contributed by atoms with van der Waals surface area (Å²) in [5.74, 6) is 0.614. The zero-order valence-corrected chi connectivity index (χ0v) is 10.9. The minimum absolute atomic E-state index is 0.0453. The zero-order chi connectivity index (χ0) is 14.3. The van der Waals surface area contributed by atoms with Crippen molar-refractivity contribution in [1.29, 1.82) is 0 Å². The van der Waals surface area contributed by atoms with Crippen molar-refractivity contribution in [3.05, 3.63) is 35.6 Å². The standard InChI is InChI=1S/C13H15N3O4/c1-7-2-3-11(20-7)8-4-16(5-9(8)14)13-15-10(6-19-13)12(17)18/h2-3,6,8-9H,4-5,14H2,1H3,(H,17,18)/t8-,9-/m1/s1. The van der Waals surface area contributed by atoms with Crippen molar-refractivity contribution in [2.24, 2.45) is 5.73 Å². The summed E-state index contributed by atoms with van der Waals surface area (Å²) in [7, 11) is 0. The molecule has 20 heavy (non-hydrogen) atoms. The van der Waals surface area contributed by atoms with Crippen LogP contribution in [0.1, 0.15) is 27.9 Å². The minimum Gasteiger partial charge on any atom is -0.476 e. The summed E-state index contributed by atoms with van der Waals surface area (Å²) in [6, 6.07) is 3.99. The van der Waals surface area contributed by atoms with Crippen molar-refractivity contribution in [3.63, 3.8) is 0 Å². The minimum atomic E-state index is -1.11. The molecular weight excluding hydrogens is 262 g/mol. The third-order valence-corrected chi connectivity index (χ3v) is 3.47. The van der Waals surface area contributed by atoms with Gasteiger partial charge in [0.1, 0.15) is 17.8 Å². The Hall–Kier alpha value is -2.28. The second kappa shape index (κ2) is 4.68. The summed E-state index contributed by atoms with van der Waals surface area (Å²) < 4.78 is 10.8. The Morgan fingerprint density at radius 1 is 1.50 bits per heavy atom. The number of nitrogens with two attached hydrogens (primary N) is 1. The van der Waals surface area contributed by atoms with E-state index in [0.717, 1.165) is 17.8 Å². The van der Waals surface area contributed by atoms with Gasteiger partial charge < -0.3 is 24.6 Å². The predicted molar refractivity (Wildman–Crippen MR) is 69.8 cm³/mol. The summed E-state index contributed by atoms with van der Waals surface area (Å²) in [5.41, 5.74) is 6.02. The smallest absolute Gasteiger partial charge is 0.357 e. The first-order valence-corrected chi connectivity index (χ1v) is 6.30. The Labute approximate surface area is 115 Å². The van der Waals surface area contributed by atoms with Crippen LogP contribution in [0.4, 0.5) is 6.01 Å². The van der Waals surface area contributed by atoms with E-state index < -0.39 is 5.97 Å². The van der Waals surface area contributed by atoms with E-state index in [0.29, 0.717) is 13.1 Å². The molecule has 7 nitrogen and oxygen atoms in total. The zero-order valence-electron chi connectivity index (χ0n) is 10.9. The summed E-state index contributed by atoms with van der Waals surface area (Å²) >= 11 is 0. The number of furan rings is 1. The van der Waals surface area contributed by atoms with Crippen LogP contribution >= 0.6 is 0 Å². The number of hydrogen-bond donors (Lipinski definition) is 2. The van der Waals surface area contributed by atoms with Gasteiger partial charge in [-0.15, -0.1) is 0 Å². The first-order chi connectivity index (χ1) is 9.54. The van der Waals surface area contributed by atoms with Crippen LogP contribution in [0.2, 0.25) is 0 Å². The largest absolute Gasteiger partial charge is 0.476 e. The second-order valence-electron chi connectivity index (χ2n) is 4.94. The van der Waals surface area contributed by atoms with Crippen LogP contribution in [0.25, 0.3) is 0 Å². The van der Waals surface area contributed by atoms with Gasteiger partial charge in [0.15, 0.2) is 5.69 Å². The lowest BCUT2D eigenvalue weighted by Gasteiger charge is -2.12. The van der Waals surface area contributed by atoms with Crippen molar-refractivity contribution in [2.75, 3.05) is 18.0 Å². The number of nitrogens with zero attached hydrogens (tertiary/aromatic N) is 2. The van der Waals surface area contributed by atoms with Crippen LogP contribution in [-0.4, -0.2) is 35.2 Å².